The SMILES string of the molecule is COc1ccc(C)cc1NC(=O)c1cc(C(=O)NCc2ccccc2)ccn1. The van der Waals surface area contributed by atoms with Gasteiger partial charge >= 0.3 is 0 Å². The lowest BCUT2D eigenvalue weighted by atomic mass is 10.1. The average molecular weight is 375 g/mol. The number of benzene rings is 2. The van der Waals surface area contributed by atoms with Gasteiger partial charge in [0.25, 0.3) is 11.8 Å². The number of hydrogen-bond donors (Lipinski definition) is 2. The minimum absolute atomic E-state index is 0.149. The first kappa shape index (κ1) is 19.1. The van der Waals surface area contributed by atoms with Crippen LogP contribution in [0.5, 0.6) is 5.75 Å². The van der Waals surface area contributed by atoms with E-state index in [4.69, 9.17) is 4.74 Å². The Morgan fingerprint density at radius 3 is 2.54 bits per heavy atom. The molecule has 1 heterocycles. The lowest BCUT2D eigenvalue weighted by Crippen LogP contribution is -2.23. The molecule has 1 aromatic heterocycles. The van der Waals surface area contributed by atoms with Gasteiger partial charge in [0.05, 0.1) is 12.8 Å². The van der Waals surface area contributed by atoms with Crippen molar-refractivity contribution in [2.45, 2.75) is 13.5 Å². The molecule has 0 bridgehead atoms. The van der Waals surface area contributed by atoms with E-state index in [1.54, 1.807) is 12.1 Å². The summed E-state index contributed by atoms with van der Waals surface area (Å²) in [6, 6.07) is 18.1. The van der Waals surface area contributed by atoms with Crippen molar-refractivity contribution >= 4 is 17.5 Å². The third-order valence-corrected chi connectivity index (χ3v) is 4.15. The van der Waals surface area contributed by atoms with Crippen LogP contribution < -0.4 is 15.4 Å². The monoisotopic (exact) mass is 375 g/mol. The topological polar surface area (TPSA) is 80.3 Å². The summed E-state index contributed by atoms with van der Waals surface area (Å²) >= 11 is 0. The van der Waals surface area contributed by atoms with Crippen LogP contribution in [0.3, 0.4) is 0 Å². The molecule has 0 saturated carbocycles. The lowest BCUT2D eigenvalue weighted by Gasteiger charge is -2.11. The summed E-state index contributed by atoms with van der Waals surface area (Å²) in [5.74, 6) is -0.134. The zero-order valence-electron chi connectivity index (χ0n) is 15.7. The molecule has 0 aliphatic heterocycles. The van der Waals surface area contributed by atoms with Gasteiger partial charge in [-0.2, -0.15) is 0 Å². The van der Waals surface area contributed by atoms with E-state index in [1.807, 2.05) is 49.4 Å². The summed E-state index contributed by atoms with van der Waals surface area (Å²) in [4.78, 5) is 29.1. The van der Waals surface area contributed by atoms with Crippen molar-refractivity contribution in [2.75, 3.05) is 12.4 Å². The molecule has 6 nitrogen and oxygen atoms in total. The minimum atomic E-state index is -0.415. The zero-order valence-corrected chi connectivity index (χ0v) is 15.7. The highest BCUT2D eigenvalue weighted by Gasteiger charge is 2.14. The quantitative estimate of drug-likeness (QED) is 0.690. The fourth-order valence-electron chi connectivity index (χ4n) is 2.68. The number of ether oxygens (including phenoxy) is 1. The Morgan fingerprint density at radius 2 is 1.79 bits per heavy atom. The van der Waals surface area contributed by atoms with Crippen LogP contribution in [0.2, 0.25) is 0 Å². The molecule has 3 aromatic rings. The van der Waals surface area contributed by atoms with E-state index < -0.39 is 5.91 Å². The van der Waals surface area contributed by atoms with E-state index in [0.29, 0.717) is 23.5 Å². The van der Waals surface area contributed by atoms with Crippen LogP contribution in [0.4, 0.5) is 5.69 Å². The highest BCUT2D eigenvalue weighted by atomic mass is 16.5. The van der Waals surface area contributed by atoms with Gasteiger partial charge in [-0.1, -0.05) is 36.4 Å². The number of anilines is 1. The number of nitrogens with zero attached hydrogens (tertiary/aromatic N) is 1. The van der Waals surface area contributed by atoms with E-state index in [1.165, 1.54) is 19.4 Å². The summed E-state index contributed by atoms with van der Waals surface area (Å²) < 4.78 is 5.27. The third kappa shape index (κ3) is 4.73. The molecular formula is C22H21N3O3. The van der Waals surface area contributed by atoms with Gasteiger partial charge in [0, 0.05) is 18.3 Å². The van der Waals surface area contributed by atoms with Crippen LogP contribution in [0.1, 0.15) is 32.0 Å². The van der Waals surface area contributed by atoms with Crippen LogP contribution in [0, 0.1) is 6.92 Å². The Morgan fingerprint density at radius 1 is 1.00 bits per heavy atom. The molecule has 3 rings (SSSR count). The number of carbonyl (C=O) groups excluding carboxylic acids is 2. The number of amides is 2. The predicted octanol–water partition coefficient (Wildman–Crippen LogP) is 3.58. The van der Waals surface area contributed by atoms with Crippen molar-refractivity contribution in [2.24, 2.45) is 0 Å². The molecule has 28 heavy (non-hydrogen) atoms. The van der Waals surface area contributed by atoms with Gasteiger partial charge < -0.3 is 15.4 Å². The Kier molecular flexibility index (Phi) is 6.01. The molecule has 0 spiro atoms. The highest BCUT2D eigenvalue weighted by molar-refractivity contribution is 6.05. The van der Waals surface area contributed by atoms with E-state index in [-0.39, 0.29) is 11.6 Å². The second-order valence-electron chi connectivity index (χ2n) is 6.26. The van der Waals surface area contributed by atoms with Crippen molar-refractivity contribution in [1.82, 2.24) is 10.3 Å². The van der Waals surface area contributed by atoms with Crippen molar-refractivity contribution < 1.29 is 14.3 Å². The summed E-state index contributed by atoms with van der Waals surface area (Å²) in [7, 11) is 1.54. The molecular weight excluding hydrogens is 354 g/mol. The van der Waals surface area contributed by atoms with Crippen LogP contribution in [-0.2, 0) is 6.54 Å². The van der Waals surface area contributed by atoms with Gasteiger partial charge in [-0.05, 0) is 42.3 Å². The molecule has 142 valence electrons. The maximum atomic E-state index is 12.6. The molecule has 0 unspecified atom stereocenters. The fraction of sp³-hybridized carbons (Fsp3) is 0.136. The van der Waals surface area contributed by atoms with Crippen molar-refractivity contribution in [3.05, 3.63) is 89.2 Å². The van der Waals surface area contributed by atoms with Gasteiger partial charge in [-0.3, -0.25) is 14.6 Å². The number of methoxy groups -OCH3 is 1. The Labute approximate surface area is 163 Å². The predicted molar refractivity (Wildman–Crippen MR) is 108 cm³/mol. The van der Waals surface area contributed by atoms with Gasteiger partial charge in [-0.15, -0.1) is 0 Å². The molecule has 0 saturated heterocycles. The van der Waals surface area contributed by atoms with E-state index in [2.05, 4.69) is 15.6 Å². The Bertz CT molecular complexity index is 987. The van der Waals surface area contributed by atoms with Crippen LogP contribution in [0.15, 0.2) is 66.9 Å². The van der Waals surface area contributed by atoms with Gasteiger partial charge in [0.15, 0.2) is 0 Å². The molecule has 2 amide bonds. The maximum absolute atomic E-state index is 12.6. The van der Waals surface area contributed by atoms with E-state index >= 15 is 0 Å². The third-order valence-electron chi connectivity index (χ3n) is 4.15. The van der Waals surface area contributed by atoms with Crippen LogP contribution in [-0.4, -0.2) is 23.9 Å². The summed E-state index contributed by atoms with van der Waals surface area (Å²) in [5.41, 5.74) is 3.05. The largest absolute Gasteiger partial charge is 0.495 e. The maximum Gasteiger partial charge on any atom is 0.274 e. The van der Waals surface area contributed by atoms with Gasteiger partial charge in [0.2, 0.25) is 0 Å². The lowest BCUT2D eigenvalue weighted by molar-refractivity contribution is 0.0951. The Balaban J connectivity index is 1.71. The number of pyridine rings is 1. The van der Waals surface area contributed by atoms with E-state index in [9.17, 15) is 9.59 Å². The minimum Gasteiger partial charge on any atom is -0.495 e. The Hall–Kier alpha value is -3.67. The fourth-order valence-corrected chi connectivity index (χ4v) is 2.68. The summed E-state index contributed by atoms with van der Waals surface area (Å²) in [6.45, 7) is 2.33. The number of rotatable bonds is 6. The first-order valence-electron chi connectivity index (χ1n) is 8.81. The molecule has 0 atom stereocenters. The number of aromatic nitrogens is 1. The van der Waals surface area contributed by atoms with Gasteiger partial charge in [0.1, 0.15) is 11.4 Å². The second kappa shape index (κ2) is 8.81. The van der Waals surface area contributed by atoms with Crippen LogP contribution >= 0.6 is 0 Å². The van der Waals surface area contributed by atoms with Crippen molar-refractivity contribution in [3.63, 3.8) is 0 Å². The number of carbonyl (C=O) groups is 2. The second-order valence-corrected chi connectivity index (χ2v) is 6.26. The van der Waals surface area contributed by atoms with Crippen molar-refractivity contribution in [3.8, 4) is 5.75 Å². The first-order valence-corrected chi connectivity index (χ1v) is 8.81. The molecule has 0 fully saturated rings. The molecule has 2 N–H and O–H groups in total. The van der Waals surface area contributed by atoms with Crippen molar-refractivity contribution in [1.29, 1.82) is 0 Å². The zero-order chi connectivity index (χ0) is 19.9. The molecule has 0 radical (unpaired) electrons. The number of hydrogen-bond acceptors (Lipinski definition) is 4. The average Bonchev–Trinajstić information content (AvgIpc) is 2.73. The molecule has 2 aromatic carbocycles. The summed E-state index contributed by atoms with van der Waals surface area (Å²) in [6.07, 6.45) is 1.44. The highest BCUT2D eigenvalue weighted by Crippen LogP contribution is 2.25. The molecule has 6 heteroatoms. The molecule has 0 aliphatic carbocycles. The summed E-state index contributed by atoms with van der Waals surface area (Å²) in [5, 5.41) is 5.62. The standard InChI is InChI=1S/C22H21N3O3/c1-15-8-9-20(28-2)18(12-15)25-22(27)19-13-17(10-11-23-19)21(26)24-14-16-6-4-3-5-7-16/h3-13H,14H2,1-2H3,(H,24,26)(H,25,27). The normalized spacial score (nSPS) is 10.2. The van der Waals surface area contributed by atoms with Gasteiger partial charge in [-0.25, -0.2) is 0 Å². The smallest absolute Gasteiger partial charge is 0.274 e. The number of aryl methyl sites for hydroxylation is 1. The molecule has 0 aliphatic rings. The van der Waals surface area contributed by atoms with Crippen LogP contribution in [0.25, 0.3) is 0 Å². The first-order chi connectivity index (χ1) is 13.6. The van der Waals surface area contributed by atoms with E-state index in [0.717, 1.165) is 11.1 Å². The number of nitrogens with one attached hydrogen (secondary N) is 2.